The van der Waals surface area contributed by atoms with E-state index in [0.29, 0.717) is 16.9 Å². The second-order valence-electron chi connectivity index (χ2n) is 6.77. The molecule has 0 fully saturated rings. The van der Waals surface area contributed by atoms with Gasteiger partial charge in [0.15, 0.2) is 0 Å². The van der Waals surface area contributed by atoms with Gasteiger partial charge in [-0.2, -0.15) is 0 Å². The van der Waals surface area contributed by atoms with E-state index in [4.69, 9.17) is 4.74 Å². The molecule has 0 bridgehead atoms. The number of anilines is 2. The molecule has 0 atom stereocenters. The van der Waals surface area contributed by atoms with Crippen LogP contribution in [0.3, 0.4) is 0 Å². The van der Waals surface area contributed by atoms with Gasteiger partial charge in [0.2, 0.25) is 11.8 Å². The molecule has 0 radical (unpaired) electrons. The summed E-state index contributed by atoms with van der Waals surface area (Å²) in [5, 5.41) is 5.41. The number of benzene rings is 3. The molecule has 0 saturated carbocycles. The van der Waals surface area contributed by atoms with E-state index in [0.717, 1.165) is 11.1 Å². The topological polar surface area (TPSA) is 84.5 Å². The van der Waals surface area contributed by atoms with Crippen molar-refractivity contribution in [1.29, 1.82) is 0 Å². The van der Waals surface area contributed by atoms with Gasteiger partial charge >= 0.3 is 5.97 Å². The van der Waals surface area contributed by atoms with Gasteiger partial charge in [-0.3, -0.25) is 9.59 Å². The van der Waals surface area contributed by atoms with E-state index in [2.05, 4.69) is 10.6 Å². The highest BCUT2D eigenvalue weighted by Gasteiger charge is 2.09. The summed E-state index contributed by atoms with van der Waals surface area (Å²) >= 11 is 0. The van der Waals surface area contributed by atoms with Crippen molar-refractivity contribution in [3.63, 3.8) is 0 Å². The van der Waals surface area contributed by atoms with Crippen molar-refractivity contribution in [2.75, 3.05) is 10.6 Å². The number of ether oxygens (including phenoxy) is 1. The molecule has 0 aliphatic rings. The van der Waals surface area contributed by atoms with Crippen LogP contribution in [-0.2, 0) is 20.9 Å². The zero-order valence-corrected chi connectivity index (χ0v) is 17.0. The zero-order valence-electron chi connectivity index (χ0n) is 17.0. The van der Waals surface area contributed by atoms with Crippen molar-refractivity contribution in [2.24, 2.45) is 0 Å². The molecule has 0 unspecified atom stereocenters. The summed E-state index contributed by atoms with van der Waals surface area (Å²) in [6.07, 6.45) is 3.05. The van der Waals surface area contributed by atoms with E-state index in [1.165, 1.54) is 13.0 Å². The summed E-state index contributed by atoms with van der Waals surface area (Å²) in [7, 11) is 0. The summed E-state index contributed by atoms with van der Waals surface area (Å²) in [4.78, 5) is 35.6. The van der Waals surface area contributed by atoms with E-state index in [9.17, 15) is 14.4 Å². The molecule has 0 aromatic heterocycles. The lowest BCUT2D eigenvalue weighted by atomic mass is 10.2. The minimum atomic E-state index is -0.463. The number of carbonyl (C=O) groups is 3. The number of hydrogen-bond donors (Lipinski definition) is 2. The maximum atomic E-state index is 12.3. The monoisotopic (exact) mass is 414 g/mol. The molecule has 3 rings (SSSR count). The molecule has 6 nitrogen and oxygen atoms in total. The number of hydrogen-bond acceptors (Lipinski definition) is 4. The van der Waals surface area contributed by atoms with Gasteiger partial charge in [-0.25, -0.2) is 4.79 Å². The van der Waals surface area contributed by atoms with Crippen molar-refractivity contribution in [3.8, 4) is 0 Å². The van der Waals surface area contributed by atoms with Gasteiger partial charge in [0.05, 0.1) is 5.56 Å². The standard InChI is InChI=1S/C25H22N2O4/c1-18(28)26-22-13-10-19(11-14-22)12-15-24(29)27-23-9-5-8-21(16-23)25(30)31-17-20-6-3-2-4-7-20/h2-16H,17H2,1H3,(H,26,28)(H,27,29). The van der Waals surface area contributed by atoms with E-state index >= 15 is 0 Å². The summed E-state index contributed by atoms with van der Waals surface area (Å²) in [6, 6.07) is 23.1. The largest absolute Gasteiger partial charge is 0.457 e. The highest BCUT2D eigenvalue weighted by Crippen LogP contribution is 2.14. The van der Waals surface area contributed by atoms with Gasteiger partial charge in [-0.05, 0) is 47.5 Å². The molecule has 3 aromatic carbocycles. The minimum Gasteiger partial charge on any atom is -0.457 e. The lowest BCUT2D eigenvalue weighted by Gasteiger charge is -2.07. The Morgan fingerprint density at radius 1 is 0.839 bits per heavy atom. The fourth-order valence-electron chi connectivity index (χ4n) is 2.77. The summed E-state index contributed by atoms with van der Waals surface area (Å²) in [6.45, 7) is 1.62. The Balaban J connectivity index is 1.55. The molecule has 0 saturated heterocycles. The Hall–Kier alpha value is -4.19. The third-order valence-electron chi connectivity index (χ3n) is 4.24. The molecular weight excluding hydrogens is 392 g/mol. The third kappa shape index (κ3) is 6.97. The van der Waals surface area contributed by atoms with E-state index in [-0.39, 0.29) is 18.4 Å². The van der Waals surface area contributed by atoms with Crippen LogP contribution in [0.15, 0.2) is 84.9 Å². The fourth-order valence-corrected chi connectivity index (χ4v) is 2.77. The van der Waals surface area contributed by atoms with E-state index in [1.807, 2.05) is 30.3 Å². The molecule has 0 heterocycles. The Morgan fingerprint density at radius 2 is 1.58 bits per heavy atom. The molecule has 2 N–H and O–H groups in total. The molecule has 31 heavy (non-hydrogen) atoms. The van der Waals surface area contributed by atoms with Crippen molar-refractivity contribution in [3.05, 3.63) is 102 Å². The smallest absolute Gasteiger partial charge is 0.338 e. The first-order chi connectivity index (χ1) is 15.0. The maximum Gasteiger partial charge on any atom is 0.338 e. The molecule has 2 amide bonds. The van der Waals surface area contributed by atoms with Gasteiger partial charge in [0.25, 0.3) is 0 Å². The van der Waals surface area contributed by atoms with E-state index in [1.54, 1.807) is 54.6 Å². The lowest BCUT2D eigenvalue weighted by Crippen LogP contribution is -2.10. The fraction of sp³-hybridized carbons (Fsp3) is 0.0800. The van der Waals surface area contributed by atoms with E-state index < -0.39 is 5.97 Å². The van der Waals surface area contributed by atoms with Crippen LogP contribution >= 0.6 is 0 Å². The summed E-state index contributed by atoms with van der Waals surface area (Å²) in [5.74, 6) is -0.940. The van der Waals surface area contributed by atoms with Crippen molar-refractivity contribution in [2.45, 2.75) is 13.5 Å². The Kier molecular flexibility index (Phi) is 7.32. The molecule has 0 spiro atoms. The van der Waals surface area contributed by atoms with Crippen LogP contribution in [0, 0.1) is 0 Å². The van der Waals surface area contributed by atoms with Gasteiger partial charge in [-0.1, -0.05) is 48.5 Å². The normalized spacial score (nSPS) is 10.5. The quantitative estimate of drug-likeness (QED) is 0.435. The van der Waals surface area contributed by atoms with Crippen molar-refractivity contribution >= 4 is 35.2 Å². The van der Waals surface area contributed by atoms with Crippen LogP contribution < -0.4 is 10.6 Å². The predicted molar refractivity (Wildman–Crippen MR) is 120 cm³/mol. The van der Waals surface area contributed by atoms with Crippen LogP contribution in [0.4, 0.5) is 11.4 Å². The zero-order chi connectivity index (χ0) is 22.1. The molecule has 156 valence electrons. The number of rotatable bonds is 7. The summed E-state index contributed by atoms with van der Waals surface area (Å²) in [5.41, 5.74) is 3.24. The Bertz CT molecular complexity index is 1090. The SMILES string of the molecule is CC(=O)Nc1ccc(C=CC(=O)Nc2cccc(C(=O)OCc3ccccc3)c2)cc1. The average Bonchev–Trinajstić information content (AvgIpc) is 2.77. The highest BCUT2D eigenvalue weighted by atomic mass is 16.5. The molecule has 0 aliphatic heterocycles. The van der Waals surface area contributed by atoms with Crippen molar-refractivity contribution in [1.82, 2.24) is 0 Å². The van der Waals surface area contributed by atoms with Crippen LogP contribution in [0.5, 0.6) is 0 Å². The second kappa shape index (κ2) is 10.5. The Labute approximate surface area is 180 Å². The first-order valence-corrected chi connectivity index (χ1v) is 9.67. The van der Waals surface area contributed by atoms with Crippen LogP contribution in [0.2, 0.25) is 0 Å². The van der Waals surface area contributed by atoms with Gasteiger partial charge < -0.3 is 15.4 Å². The molecule has 0 aliphatic carbocycles. The lowest BCUT2D eigenvalue weighted by molar-refractivity contribution is -0.114. The maximum absolute atomic E-state index is 12.3. The van der Waals surface area contributed by atoms with Crippen LogP contribution in [0.25, 0.3) is 6.08 Å². The van der Waals surface area contributed by atoms with Gasteiger partial charge in [0.1, 0.15) is 6.61 Å². The third-order valence-corrected chi connectivity index (χ3v) is 4.24. The highest BCUT2D eigenvalue weighted by molar-refractivity contribution is 6.02. The number of amides is 2. The molecule has 6 heteroatoms. The second-order valence-corrected chi connectivity index (χ2v) is 6.77. The molecular formula is C25H22N2O4. The number of nitrogens with one attached hydrogen (secondary N) is 2. The van der Waals surface area contributed by atoms with Crippen LogP contribution in [0.1, 0.15) is 28.4 Å². The first kappa shape index (κ1) is 21.5. The van der Waals surface area contributed by atoms with Crippen LogP contribution in [-0.4, -0.2) is 17.8 Å². The van der Waals surface area contributed by atoms with Gasteiger partial charge in [0, 0.05) is 24.4 Å². The van der Waals surface area contributed by atoms with Crippen molar-refractivity contribution < 1.29 is 19.1 Å². The first-order valence-electron chi connectivity index (χ1n) is 9.67. The minimum absolute atomic E-state index is 0.145. The van der Waals surface area contributed by atoms with Gasteiger partial charge in [-0.15, -0.1) is 0 Å². The number of carbonyl (C=O) groups excluding carboxylic acids is 3. The number of esters is 1. The summed E-state index contributed by atoms with van der Waals surface area (Å²) < 4.78 is 5.32. The predicted octanol–water partition coefficient (Wildman–Crippen LogP) is 4.65. The Morgan fingerprint density at radius 3 is 2.29 bits per heavy atom. The average molecular weight is 414 g/mol. The molecule has 3 aromatic rings.